The van der Waals surface area contributed by atoms with Gasteiger partial charge in [0.15, 0.2) is 0 Å². The van der Waals surface area contributed by atoms with Crippen molar-refractivity contribution >= 4 is 5.91 Å². The minimum absolute atomic E-state index is 0.0505. The summed E-state index contributed by atoms with van der Waals surface area (Å²) < 4.78 is 1.30. The lowest BCUT2D eigenvalue weighted by Crippen LogP contribution is -2.42. The van der Waals surface area contributed by atoms with Gasteiger partial charge in [-0.1, -0.05) is 6.92 Å². The summed E-state index contributed by atoms with van der Waals surface area (Å²) in [5.74, 6) is -0.272. The number of aryl methyl sites for hydroxylation is 1. The topological polar surface area (TPSA) is 75.4 Å². The molecule has 1 atom stereocenters. The van der Waals surface area contributed by atoms with E-state index in [0.717, 1.165) is 6.42 Å². The van der Waals surface area contributed by atoms with Gasteiger partial charge in [-0.3, -0.25) is 9.59 Å². The first-order valence-electron chi connectivity index (χ1n) is 6.94. The smallest absolute Gasteiger partial charge is 0.274 e. The molecule has 1 N–H and O–H groups in total. The maximum atomic E-state index is 12.4. The molecular formula is C14H23N3O3. The molecular weight excluding hydrogens is 258 g/mol. The minimum atomic E-state index is -0.608. The highest BCUT2D eigenvalue weighted by Crippen LogP contribution is 2.06. The second-order valence-corrected chi connectivity index (χ2v) is 5.18. The number of hydrogen-bond donors (Lipinski definition) is 1. The van der Waals surface area contributed by atoms with E-state index in [-0.39, 0.29) is 29.7 Å². The molecule has 1 aromatic rings. The fourth-order valence-corrected chi connectivity index (χ4v) is 1.90. The largest absolute Gasteiger partial charge is 0.392 e. The molecule has 112 valence electrons. The summed E-state index contributed by atoms with van der Waals surface area (Å²) in [6, 6.07) is 2.75. The van der Waals surface area contributed by atoms with Crippen molar-refractivity contribution in [2.75, 3.05) is 6.54 Å². The molecule has 0 radical (unpaired) electrons. The Bertz CT molecular complexity index is 509. The van der Waals surface area contributed by atoms with Crippen molar-refractivity contribution in [2.24, 2.45) is 0 Å². The fourth-order valence-electron chi connectivity index (χ4n) is 1.90. The molecule has 0 aliphatic carbocycles. The third-order valence-corrected chi connectivity index (χ3v) is 2.87. The van der Waals surface area contributed by atoms with Crippen LogP contribution in [0.25, 0.3) is 0 Å². The van der Waals surface area contributed by atoms with Gasteiger partial charge in [-0.2, -0.15) is 5.10 Å². The van der Waals surface area contributed by atoms with Gasteiger partial charge in [-0.15, -0.1) is 0 Å². The van der Waals surface area contributed by atoms with Crippen LogP contribution in [0, 0.1) is 0 Å². The zero-order chi connectivity index (χ0) is 15.3. The summed E-state index contributed by atoms with van der Waals surface area (Å²) in [6.07, 6.45) is 0.162. The second-order valence-electron chi connectivity index (χ2n) is 5.18. The Balaban J connectivity index is 3.05. The molecule has 0 saturated heterocycles. The van der Waals surface area contributed by atoms with Crippen molar-refractivity contribution in [3.63, 3.8) is 0 Å². The molecule has 0 aliphatic rings. The summed E-state index contributed by atoms with van der Waals surface area (Å²) >= 11 is 0. The lowest BCUT2D eigenvalue weighted by molar-refractivity contribution is 0.0570. The van der Waals surface area contributed by atoms with Gasteiger partial charge in [0.2, 0.25) is 0 Å². The zero-order valence-electron chi connectivity index (χ0n) is 12.5. The summed E-state index contributed by atoms with van der Waals surface area (Å²) in [5.41, 5.74) is 0.0161. The molecule has 0 fully saturated rings. The first-order chi connectivity index (χ1) is 9.36. The number of aliphatic hydroxyl groups excluding tert-OH is 1. The highest BCUT2D eigenvalue weighted by Gasteiger charge is 2.22. The molecule has 0 aromatic carbocycles. The SMILES string of the molecule is CCCn1nc(C(=O)N(CC(C)O)C(C)C)ccc1=O. The van der Waals surface area contributed by atoms with E-state index in [4.69, 9.17) is 0 Å². The number of aliphatic hydroxyl groups is 1. The number of carbonyl (C=O) groups excluding carboxylic acids is 1. The summed E-state index contributed by atoms with van der Waals surface area (Å²) in [5, 5.41) is 13.6. The van der Waals surface area contributed by atoms with E-state index in [1.54, 1.807) is 11.8 Å². The normalized spacial score (nSPS) is 12.5. The third-order valence-electron chi connectivity index (χ3n) is 2.87. The van der Waals surface area contributed by atoms with Gasteiger partial charge in [-0.25, -0.2) is 4.68 Å². The number of carbonyl (C=O) groups is 1. The van der Waals surface area contributed by atoms with Gasteiger partial charge in [-0.05, 0) is 33.3 Å². The monoisotopic (exact) mass is 281 g/mol. The Morgan fingerprint density at radius 1 is 1.40 bits per heavy atom. The van der Waals surface area contributed by atoms with Crippen LogP contribution in [0.15, 0.2) is 16.9 Å². The number of nitrogens with zero attached hydrogens (tertiary/aromatic N) is 3. The van der Waals surface area contributed by atoms with Crippen LogP contribution < -0.4 is 5.56 Å². The quantitative estimate of drug-likeness (QED) is 0.840. The maximum Gasteiger partial charge on any atom is 0.274 e. The van der Waals surface area contributed by atoms with Crippen molar-refractivity contribution in [1.29, 1.82) is 0 Å². The van der Waals surface area contributed by atoms with Gasteiger partial charge in [0.05, 0.1) is 6.10 Å². The van der Waals surface area contributed by atoms with Crippen LogP contribution in [-0.4, -0.2) is 44.4 Å². The third kappa shape index (κ3) is 4.16. The van der Waals surface area contributed by atoms with E-state index in [1.165, 1.54) is 16.8 Å². The van der Waals surface area contributed by atoms with Gasteiger partial charge in [0.1, 0.15) is 5.69 Å². The predicted molar refractivity (Wildman–Crippen MR) is 76.6 cm³/mol. The molecule has 6 nitrogen and oxygen atoms in total. The Morgan fingerprint density at radius 2 is 2.05 bits per heavy atom. The fraction of sp³-hybridized carbons (Fsp3) is 0.643. The van der Waals surface area contributed by atoms with Gasteiger partial charge in [0, 0.05) is 25.2 Å². The summed E-state index contributed by atoms with van der Waals surface area (Å²) in [6.45, 7) is 8.05. The lowest BCUT2D eigenvalue weighted by atomic mass is 10.2. The molecule has 20 heavy (non-hydrogen) atoms. The van der Waals surface area contributed by atoms with Crippen LogP contribution in [0.3, 0.4) is 0 Å². The highest BCUT2D eigenvalue weighted by molar-refractivity contribution is 5.92. The average molecular weight is 281 g/mol. The minimum Gasteiger partial charge on any atom is -0.392 e. The Kier molecular flexibility index (Phi) is 5.88. The number of amides is 1. The Labute approximate surface area is 119 Å². The predicted octanol–water partition coefficient (Wildman–Crippen LogP) is 0.885. The van der Waals surface area contributed by atoms with E-state index in [2.05, 4.69) is 5.10 Å². The van der Waals surface area contributed by atoms with E-state index in [1.807, 2.05) is 20.8 Å². The molecule has 6 heteroatoms. The van der Waals surface area contributed by atoms with Crippen LogP contribution in [0.5, 0.6) is 0 Å². The molecule has 0 bridgehead atoms. The molecule has 0 saturated carbocycles. The molecule has 0 spiro atoms. The van der Waals surface area contributed by atoms with E-state index in [0.29, 0.717) is 6.54 Å². The van der Waals surface area contributed by atoms with Crippen molar-refractivity contribution in [3.05, 3.63) is 28.2 Å². The maximum absolute atomic E-state index is 12.4. The molecule has 1 unspecified atom stereocenters. The van der Waals surface area contributed by atoms with E-state index >= 15 is 0 Å². The average Bonchev–Trinajstić information content (AvgIpc) is 2.37. The summed E-state index contributed by atoms with van der Waals surface area (Å²) in [7, 11) is 0. The highest BCUT2D eigenvalue weighted by atomic mass is 16.3. The van der Waals surface area contributed by atoms with Gasteiger partial charge < -0.3 is 10.0 Å². The van der Waals surface area contributed by atoms with Crippen LogP contribution in [-0.2, 0) is 6.54 Å². The van der Waals surface area contributed by atoms with Crippen LogP contribution in [0.2, 0.25) is 0 Å². The molecule has 1 amide bonds. The van der Waals surface area contributed by atoms with E-state index in [9.17, 15) is 14.7 Å². The van der Waals surface area contributed by atoms with Crippen molar-refractivity contribution in [3.8, 4) is 0 Å². The molecule has 1 rings (SSSR count). The second kappa shape index (κ2) is 7.19. The van der Waals surface area contributed by atoms with Crippen molar-refractivity contribution < 1.29 is 9.90 Å². The molecule has 1 heterocycles. The van der Waals surface area contributed by atoms with Gasteiger partial charge in [0.25, 0.3) is 11.5 Å². The molecule has 1 aromatic heterocycles. The lowest BCUT2D eigenvalue weighted by Gasteiger charge is -2.27. The first-order valence-corrected chi connectivity index (χ1v) is 6.94. The number of hydrogen-bond acceptors (Lipinski definition) is 4. The Hall–Kier alpha value is -1.69. The van der Waals surface area contributed by atoms with Crippen LogP contribution in [0.1, 0.15) is 44.6 Å². The standard InChI is InChI=1S/C14H23N3O3/c1-5-8-17-13(19)7-6-12(15-17)14(20)16(10(2)3)9-11(4)18/h6-7,10-11,18H,5,8-9H2,1-4H3. The number of rotatable bonds is 6. The van der Waals surface area contributed by atoms with Crippen molar-refractivity contribution in [1.82, 2.24) is 14.7 Å². The number of aromatic nitrogens is 2. The van der Waals surface area contributed by atoms with Gasteiger partial charge >= 0.3 is 0 Å². The first kappa shape index (κ1) is 16.4. The van der Waals surface area contributed by atoms with Crippen LogP contribution >= 0.6 is 0 Å². The summed E-state index contributed by atoms with van der Waals surface area (Å²) in [4.78, 5) is 25.6. The van der Waals surface area contributed by atoms with Crippen molar-refractivity contribution in [2.45, 2.75) is 52.8 Å². The zero-order valence-corrected chi connectivity index (χ0v) is 12.5. The van der Waals surface area contributed by atoms with Crippen LogP contribution in [0.4, 0.5) is 0 Å². The Morgan fingerprint density at radius 3 is 2.55 bits per heavy atom. The molecule has 0 aliphatic heterocycles. The van der Waals surface area contributed by atoms with E-state index < -0.39 is 6.10 Å².